The summed E-state index contributed by atoms with van der Waals surface area (Å²) in [5.74, 6) is 0.798. The van der Waals surface area contributed by atoms with Gasteiger partial charge in [-0.05, 0) is 76.5 Å². The number of ketones is 1. The zero-order valence-corrected chi connectivity index (χ0v) is 18.3. The van der Waals surface area contributed by atoms with Crippen molar-refractivity contribution in [3.05, 3.63) is 34.4 Å². The van der Waals surface area contributed by atoms with Crippen molar-refractivity contribution in [1.82, 2.24) is 9.88 Å². The Bertz CT molecular complexity index is 844. The van der Waals surface area contributed by atoms with E-state index in [1.807, 2.05) is 18.2 Å². The molecular formula is C22H29BrN4O. The van der Waals surface area contributed by atoms with Gasteiger partial charge in [-0.15, -0.1) is 0 Å². The van der Waals surface area contributed by atoms with Gasteiger partial charge in [0.05, 0.1) is 16.8 Å². The average molecular weight is 445 g/mol. The molecule has 0 amide bonds. The number of benzene rings is 1. The summed E-state index contributed by atoms with van der Waals surface area (Å²) in [6.07, 6.45) is 8.44. The predicted molar refractivity (Wildman–Crippen MR) is 120 cm³/mol. The van der Waals surface area contributed by atoms with Gasteiger partial charge in [0.15, 0.2) is 5.78 Å². The monoisotopic (exact) mass is 444 g/mol. The van der Waals surface area contributed by atoms with Crippen LogP contribution in [0, 0.1) is 11.3 Å². The lowest BCUT2D eigenvalue weighted by Gasteiger charge is -2.32. The van der Waals surface area contributed by atoms with Gasteiger partial charge >= 0.3 is 0 Å². The van der Waals surface area contributed by atoms with E-state index in [0.29, 0.717) is 24.4 Å². The van der Waals surface area contributed by atoms with Gasteiger partial charge in [0.1, 0.15) is 0 Å². The molecule has 6 heteroatoms. The lowest BCUT2D eigenvalue weighted by atomic mass is 9.85. The number of fused-ring (bicyclic) bond motifs is 1. The molecule has 1 aromatic carbocycles. The van der Waals surface area contributed by atoms with Crippen LogP contribution in [-0.4, -0.2) is 48.6 Å². The molecule has 1 fully saturated rings. The Morgan fingerprint density at radius 1 is 1.32 bits per heavy atom. The molecule has 2 N–H and O–H groups in total. The summed E-state index contributed by atoms with van der Waals surface area (Å²) in [5.41, 5.74) is 2.43. The fourth-order valence-corrected chi connectivity index (χ4v) is 4.44. The minimum absolute atomic E-state index is 0.0432. The van der Waals surface area contributed by atoms with Crippen LogP contribution in [0.5, 0.6) is 0 Å². The first-order valence-electron chi connectivity index (χ1n) is 9.99. The van der Waals surface area contributed by atoms with Crippen molar-refractivity contribution in [1.29, 1.82) is 5.41 Å². The van der Waals surface area contributed by atoms with E-state index in [9.17, 15) is 4.79 Å². The highest BCUT2D eigenvalue weighted by Crippen LogP contribution is 2.33. The second-order valence-electron chi connectivity index (χ2n) is 8.00. The quantitative estimate of drug-likeness (QED) is 0.436. The Kier molecular flexibility index (Phi) is 7.18. The highest BCUT2D eigenvalue weighted by molar-refractivity contribution is 9.10. The van der Waals surface area contributed by atoms with Crippen molar-refractivity contribution in [3.63, 3.8) is 0 Å². The third-order valence-electron chi connectivity index (χ3n) is 5.46. The van der Waals surface area contributed by atoms with Gasteiger partial charge in [0.25, 0.3) is 0 Å². The fourth-order valence-electron chi connectivity index (χ4n) is 4.08. The molecule has 0 unspecified atom stereocenters. The Morgan fingerprint density at radius 3 is 2.75 bits per heavy atom. The van der Waals surface area contributed by atoms with Crippen molar-refractivity contribution in [3.8, 4) is 0 Å². The number of hydrogen-bond acceptors (Lipinski definition) is 5. The second-order valence-corrected chi connectivity index (χ2v) is 8.91. The number of pyridine rings is 1. The van der Waals surface area contributed by atoms with Crippen molar-refractivity contribution >= 4 is 44.5 Å². The summed E-state index contributed by atoms with van der Waals surface area (Å²) >= 11 is 3.55. The molecule has 1 aliphatic carbocycles. The standard InChI is InChI=1S/C22H29BrN4O/c1-27(2)14-15-5-8-17(9-6-15)26-22-18-12-16(23)7-10-20(18)25-13-19(22)21(28)4-3-11-24/h7,10-13,15,17,24H,3-6,8-9,14H2,1-2H3,(H,25,26)/t15-,17-. The second kappa shape index (κ2) is 9.61. The Hall–Kier alpha value is -1.79. The number of hydrogen-bond donors (Lipinski definition) is 2. The van der Waals surface area contributed by atoms with E-state index in [2.05, 4.69) is 45.2 Å². The van der Waals surface area contributed by atoms with Crippen LogP contribution in [0.1, 0.15) is 48.9 Å². The first-order chi connectivity index (χ1) is 13.5. The van der Waals surface area contributed by atoms with E-state index in [1.54, 1.807) is 6.20 Å². The van der Waals surface area contributed by atoms with Crippen LogP contribution >= 0.6 is 15.9 Å². The molecule has 0 spiro atoms. The van der Waals surface area contributed by atoms with Gasteiger partial charge in [-0.1, -0.05) is 15.9 Å². The van der Waals surface area contributed by atoms with E-state index in [4.69, 9.17) is 5.41 Å². The molecule has 0 radical (unpaired) electrons. The highest BCUT2D eigenvalue weighted by Gasteiger charge is 2.24. The molecule has 150 valence electrons. The lowest BCUT2D eigenvalue weighted by molar-refractivity contribution is 0.0985. The van der Waals surface area contributed by atoms with Crippen LogP contribution in [0.25, 0.3) is 10.9 Å². The van der Waals surface area contributed by atoms with Crippen LogP contribution < -0.4 is 5.32 Å². The SMILES string of the molecule is CN(C)C[C@H]1CC[C@H](Nc2c(C(=O)CCC=N)cnc3ccc(Br)cc23)CC1. The number of Topliss-reactive ketones (excluding diaryl/α,β-unsaturated/α-hetero) is 1. The zero-order chi connectivity index (χ0) is 20.1. The number of anilines is 1. The topological polar surface area (TPSA) is 69.1 Å². The molecule has 0 saturated heterocycles. The maximum Gasteiger partial charge on any atom is 0.166 e. The summed E-state index contributed by atoms with van der Waals surface area (Å²) in [6.45, 7) is 1.14. The van der Waals surface area contributed by atoms with Gasteiger partial charge in [-0.3, -0.25) is 9.78 Å². The largest absolute Gasteiger partial charge is 0.381 e. The van der Waals surface area contributed by atoms with E-state index < -0.39 is 0 Å². The first-order valence-corrected chi connectivity index (χ1v) is 10.8. The van der Waals surface area contributed by atoms with E-state index in [-0.39, 0.29) is 5.78 Å². The number of carbonyl (C=O) groups excluding carboxylic acids is 1. The van der Waals surface area contributed by atoms with Gasteiger partial charge in [-0.25, -0.2) is 0 Å². The third-order valence-corrected chi connectivity index (χ3v) is 5.96. The molecule has 0 bridgehead atoms. The smallest absolute Gasteiger partial charge is 0.166 e. The molecule has 1 saturated carbocycles. The van der Waals surface area contributed by atoms with Gasteiger partial charge in [0.2, 0.25) is 0 Å². The molecule has 1 heterocycles. The van der Waals surface area contributed by atoms with E-state index in [0.717, 1.165) is 46.4 Å². The Morgan fingerprint density at radius 2 is 2.07 bits per heavy atom. The fraction of sp³-hybridized carbons (Fsp3) is 0.500. The van der Waals surface area contributed by atoms with E-state index >= 15 is 0 Å². The van der Waals surface area contributed by atoms with Crippen LogP contribution in [0.3, 0.4) is 0 Å². The molecule has 1 aromatic heterocycles. The Labute approximate surface area is 175 Å². The van der Waals surface area contributed by atoms with Crippen LogP contribution in [-0.2, 0) is 0 Å². The normalized spacial score (nSPS) is 19.7. The molecule has 1 aliphatic rings. The van der Waals surface area contributed by atoms with E-state index in [1.165, 1.54) is 19.1 Å². The molecular weight excluding hydrogens is 416 g/mol. The number of halogens is 1. The van der Waals surface area contributed by atoms with Crippen molar-refractivity contribution in [2.45, 2.75) is 44.6 Å². The van der Waals surface area contributed by atoms with Gasteiger partial charge in [0, 0.05) is 35.1 Å². The van der Waals surface area contributed by atoms with Crippen molar-refractivity contribution in [2.24, 2.45) is 5.92 Å². The number of rotatable bonds is 8. The number of nitrogens with one attached hydrogen (secondary N) is 2. The van der Waals surface area contributed by atoms with Gasteiger partial charge < -0.3 is 15.6 Å². The molecule has 28 heavy (non-hydrogen) atoms. The van der Waals surface area contributed by atoms with Crippen LogP contribution in [0.15, 0.2) is 28.9 Å². The minimum atomic E-state index is 0.0432. The third kappa shape index (κ3) is 5.17. The highest BCUT2D eigenvalue weighted by atomic mass is 79.9. The lowest BCUT2D eigenvalue weighted by Crippen LogP contribution is -2.31. The summed E-state index contributed by atoms with van der Waals surface area (Å²) in [5, 5.41) is 11.9. The molecule has 0 atom stereocenters. The van der Waals surface area contributed by atoms with Crippen molar-refractivity contribution < 1.29 is 4.79 Å². The first kappa shape index (κ1) is 20.9. The Balaban J connectivity index is 1.86. The maximum absolute atomic E-state index is 12.8. The van der Waals surface area contributed by atoms with Crippen LogP contribution in [0.4, 0.5) is 5.69 Å². The maximum atomic E-state index is 12.8. The number of nitrogens with zero attached hydrogens (tertiary/aromatic N) is 2. The molecule has 0 aliphatic heterocycles. The summed E-state index contributed by atoms with van der Waals surface area (Å²) in [6, 6.07) is 6.36. The number of aromatic nitrogens is 1. The predicted octanol–water partition coefficient (Wildman–Crippen LogP) is 5.14. The minimum Gasteiger partial charge on any atom is -0.381 e. The summed E-state index contributed by atoms with van der Waals surface area (Å²) in [4.78, 5) is 19.5. The van der Waals surface area contributed by atoms with Crippen LogP contribution in [0.2, 0.25) is 0 Å². The number of carbonyl (C=O) groups is 1. The van der Waals surface area contributed by atoms with Crippen molar-refractivity contribution in [2.75, 3.05) is 26.0 Å². The zero-order valence-electron chi connectivity index (χ0n) is 16.7. The molecule has 3 rings (SSSR count). The average Bonchev–Trinajstić information content (AvgIpc) is 2.67. The van der Waals surface area contributed by atoms with Gasteiger partial charge in [-0.2, -0.15) is 0 Å². The summed E-state index contributed by atoms with van der Waals surface area (Å²) < 4.78 is 0.976. The molecule has 5 nitrogen and oxygen atoms in total. The summed E-state index contributed by atoms with van der Waals surface area (Å²) in [7, 11) is 4.27. The molecule has 2 aromatic rings.